The Morgan fingerprint density at radius 1 is 1.18 bits per heavy atom. The highest BCUT2D eigenvalue weighted by atomic mass is 32.1. The second-order valence-corrected chi connectivity index (χ2v) is 9.60. The largest absolute Gasteiger partial charge is 0.469 e. The Hall–Kier alpha value is -2.17. The fourth-order valence-electron chi connectivity index (χ4n) is 6.65. The first-order chi connectivity index (χ1) is 13.7. The molecule has 3 aromatic rings. The monoisotopic (exact) mass is 389 g/mol. The predicted molar refractivity (Wildman–Crippen MR) is 112 cm³/mol. The van der Waals surface area contributed by atoms with E-state index in [4.69, 9.17) is 4.74 Å². The summed E-state index contributed by atoms with van der Waals surface area (Å²) in [5.74, 6) is 0.439. The molecule has 0 unspecified atom stereocenters. The molecule has 4 aliphatic rings. The lowest BCUT2D eigenvalue weighted by Gasteiger charge is -2.59. The summed E-state index contributed by atoms with van der Waals surface area (Å²) in [6.07, 6.45) is 2.14. The Balaban J connectivity index is 1.68. The van der Waals surface area contributed by atoms with Crippen molar-refractivity contribution in [2.24, 2.45) is 11.3 Å². The van der Waals surface area contributed by atoms with Crippen LogP contribution >= 0.6 is 11.3 Å². The van der Waals surface area contributed by atoms with Gasteiger partial charge in [0.2, 0.25) is 0 Å². The molecule has 1 aliphatic heterocycles. The predicted octanol–water partition coefficient (Wildman–Crippen LogP) is 4.46. The SMILES string of the molecule is COC(=O)[C@]12CNC[C@H]1[C@@]1(c3cc4ccccc4s3)CC[C@H]2c2ccccc21. The molecular weight excluding hydrogens is 366 g/mol. The molecule has 1 aromatic heterocycles. The summed E-state index contributed by atoms with van der Waals surface area (Å²) >= 11 is 1.90. The highest BCUT2D eigenvalue weighted by Gasteiger charge is 2.69. The van der Waals surface area contributed by atoms with Crippen LogP contribution in [0.25, 0.3) is 10.1 Å². The standard InChI is InChI=1S/C24H23NO2S/c1-27-22(26)24-14-25-13-20(24)23(21-12-15-6-2-5-9-19(15)28-21)11-10-18(24)16-7-3-4-8-17(16)23/h2-9,12,18,20,25H,10-11,13-14H2,1H3/t18-,20-,23+,24-/m0/s1. The van der Waals surface area contributed by atoms with E-state index < -0.39 is 5.41 Å². The zero-order valence-electron chi connectivity index (χ0n) is 15.9. The van der Waals surface area contributed by atoms with Gasteiger partial charge in [-0.05, 0) is 41.5 Å². The maximum absolute atomic E-state index is 13.3. The third-order valence-corrected chi connectivity index (χ3v) is 8.97. The van der Waals surface area contributed by atoms with Crippen LogP contribution in [0.2, 0.25) is 0 Å². The third-order valence-electron chi connectivity index (χ3n) is 7.68. The number of nitrogens with one attached hydrogen (secondary N) is 1. The van der Waals surface area contributed by atoms with Crippen LogP contribution in [0.1, 0.15) is 34.8 Å². The van der Waals surface area contributed by atoms with E-state index in [1.807, 2.05) is 11.3 Å². The molecule has 2 bridgehead atoms. The van der Waals surface area contributed by atoms with Gasteiger partial charge in [0.05, 0.1) is 12.5 Å². The minimum atomic E-state index is -0.461. The van der Waals surface area contributed by atoms with Gasteiger partial charge in [-0.1, -0.05) is 42.5 Å². The number of benzene rings is 2. The van der Waals surface area contributed by atoms with Crippen LogP contribution in [-0.2, 0) is 14.9 Å². The van der Waals surface area contributed by atoms with Crippen LogP contribution in [0.15, 0.2) is 54.6 Å². The summed E-state index contributed by atoms with van der Waals surface area (Å²) in [6, 6.07) is 19.9. The van der Waals surface area contributed by atoms with Gasteiger partial charge in [0.15, 0.2) is 0 Å². The lowest BCUT2D eigenvalue weighted by Crippen LogP contribution is -2.60. The number of methoxy groups -OCH3 is 1. The molecule has 0 spiro atoms. The van der Waals surface area contributed by atoms with Crippen molar-refractivity contribution < 1.29 is 9.53 Å². The van der Waals surface area contributed by atoms with Crippen molar-refractivity contribution >= 4 is 27.4 Å². The molecule has 4 atom stereocenters. The van der Waals surface area contributed by atoms with E-state index in [-0.39, 0.29) is 23.2 Å². The van der Waals surface area contributed by atoms with Gasteiger partial charge in [-0.25, -0.2) is 0 Å². The van der Waals surface area contributed by atoms with E-state index in [0.717, 1.165) is 25.9 Å². The van der Waals surface area contributed by atoms with Gasteiger partial charge in [-0.2, -0.15) is 0 Å². The number of fused-ring (bicyclic) bond motifs is 2. The van der Waals surface area contributed by atoms with Crippen LogP contribution in [0.4, 0.5) is 0 Å². The zero-order chi connectivity index (χ0) is 18.9. The number of ether oxygens (including phenoxy) is 1. The van der Waals surface area contributed by atoms with Gasteiger partial charge in [0, 0.05) is 39.9 Å². The number of esters is 1. The van der Waals surface area contributed by atoms with Gasteiger partial charge in [-0.15, -0.1) is 11.3 Å². The molecule has 1 saturated carbocycles. The van der Waals surface area contributed by atoms with E-state index in [9.17, 15) is 4.79 Å². The molecule has 142 valence electrons. The molecule has 3 nitrogen and oxygen atoms in total. The molecule has 0 radical (unpaired) electrons. The first-order valence-corrected chi connectivity index (χ1v) is 10.9. The maximum atomic E-state index is 13.3. The highest BCUT2D eigenvalue weighted by molar-refractivity contribution is 7.19. The average molecular weight is 390 g/mol. The molecular formula is C24H23NO2S. The Labute approximate surface area is 168 Å². The van der Waals surface area contributed by atoms with Gasteiger partial charge >= 0.3 is 5.97 Å². The van der Waals surface area contributed by atoms with E-state index in [0.29, 0.717) is 0 Å². The Bertz CT molecular complexity index is 1070. The van der Waals surface area contributed by atoms with Gasteiger partial charge in [0.1, 0.15) is 0 Å². The Morgan fingerprint density at radius 2 is 2.00 bits per heavy atom. The quantitative estimate of drug-likeness (QED) is 0.658. The van der Waals surface area contributed by atoms with Crippen molar-refractivity contribution in [2.75, 3.05) is 20.2 Å². The summed E-state index contributed by atoms with van der Waals surface area (Å²) in [7, 11) is 1.55. The number of rotatable bonds is 2. The summed E-state index contributed by atoms with van der Waals surface area (Å²) in [5, 5.41) is 4.89. The average Bonchev–Trinajstić information content (AvgIpc) is 3.39. The molecule has 4 heteroatoms. The minimum Gasteiger partial charge on any atom is -0.469 e. The smallest absolute Gasteiger partial charge is 0.314 e. The zero-order valence-corrected chi connectivity index (χ0v) is 16.7. The van der Waals surface area contributed by atoms with Gasteiger partial charge < -0.3 is 10.1 Å². The minimum absolute atomic E-state index is 0.0350. The van der Waals surface area contributed by atoms with E-state index in [2.05, 4.69) is 59.9 Å². The molecule has 0 amide bonds. The topological polar surface area (TPSA) is 38.3 Å². The van der Waals surface area contributed by atoms with Crippen LogP contribution in [0.5, 0.6) is 0 Å². The summed E-state index contributed by atoms with van der Waals surface area (Å²) in [6.45, 7) is 1.59. The molecule has 1 saturated heterocycles. The number of hydrogen-bond acceptors (Lipinski definition) is 4. The summed E-state index contributed by atoms with van der Waals surface area (Å²) < 4.78 is 6.75. The van der Waals surface area contributed by atoms with Crippen molar-refractivity contribution in [3.63, 3.8) is 0 Å². The first kappa shape index (κ1) is 16.8. The molecule has 2 aromatic carbocycles. The maximum Gasteiger partial charge on any atom is 0.314 e. The normalized spacial score (nSPS) is 32.9. The fourth-order valence-corrected chi connectivity index (χ4v) is 8.00. The van der Waals surface area contributed by atoms with Gasteiger partial charge in [-0.3, -0.25) is 4.79 Å². The molecule has 3 aliphatic carbocycles. The Morgan fingerprint density at radius 3 is 2.86 bits per heavy atom. The van der Waals surface area contributed by atoms with Crippen molar-refractivity contribution in [3.8, 4) is 0 Å². The van der Waals surface area contributed by atoms with Crippen molar-refractivity contribution in [1.82, 2.24) is 5.32 Å². The number of carbonyl (C=O) groups excluding carboxylic acids is 1. The Kier molecular flexibility index (Phi) is 3.40. The summed E-state index contributed by atoms with van der Waals surface area (Å²) in [5.41, 5.74) is 2.21. The van der Waals surface area contributed by atoms with Gasteiger partial charge in [0.25, 0.3) is 0 Å². The van der Waals surface area contributed by atoms with Crippen molar-refractivity contribution in [1.29, 1.82) is 0 Å². The highest BCUT2D eigenvalue weighted by Crippen LogP contribution is 2.68. The lowest BCUT2D eigenvalue weighted by atomic mass is 9.43. The number of thiophene rings is 1. The molecule has 1 N–H and O–H groups in total. The lowest BCUT2D eigenvalue weighted by molar-refractivity contribution is -0.161. The van der Waals surface area contributed by atoms with E-state index >= 15 is 0 Å². The second-order valence-electron chi connectivity index (χ2n) is 8.51. The molecule has 28 heavy (non-hydrogen) atoms. The van der Waals surface area contributed by atoms with Crippen LogP contribution in [0.3, 0.4) is 0 Å². The fraction of sp³-hybridized carbons (Fsp3) is 0.375. The summed E-state index contributed by atoms with van der Waals surface area (Å²) in [4.78, 5) is 14.7. The number of carbonyl (C=O) groups is 1. The molecule has 2 heterocycles. The second kappa shape index (κ2) is 5.68. The number of hydrogen-bond donors (Lipinski definition) is 1. The third kappa shape index (κ3) is 1.81. The van der Waals surface area contributed by atoms with Crippen LogP contribution < -0.4 is 5.32 Å². The van der Waals surface area contributed by atoms with E-state index in [1.54, 1.807) is 7.11 Å². The molecule has 2 fully saturated rings. The van der Waals surface area contributed by atoms with Crippen LogP contribution in [-0.4, -0.2) is 26.2 Å². The van der Waals surface area contributed by atoms with Crippen LogP contribution in [0, 0.1) is 11.3 Å². The molecule has 7 rings (SSSR count). The van der Waals surface area contributed by atoms with E-state index in [1.165, 1.54) is 26.1 Å². The van der Waals surface area contributed by atoms with Crippen molar-refractivity contribution in [2.45, 2.75) is 24.2 Å². The first-order valence-electron chi connectivity index (χ1n) is 10.1. The van der Waals surface area contributed by atoms with Crippen molar-refractivity contribution in [3.05, 3.63) is 70.6 Å².